The molecule has 9 nitrogen and oxygen atoms in total. The molecule has 1 saturated heterocycles. The number of urea groups is 1. The topological polar surface area (TPSA) is 94.7 Å². The molecule has 38 heavy (non-hydrogen) atoms. The summed E-state index contributed by atoms with van der Waals surface area (Å²) in [4.78, 5) is 28.1. The number of ether oxygens (including phenoxy) is 1. The van der Waals surface area contributed by atoms with Crippen LogP contribution in [-0.4, -0.2) is 72.2 Å². The van der Waals surface area contributed by atoms with E-state index in [2.05, 4.69) is 69.2 Å². The number of aromatic nitrogens is 2. The summed E-state index contributed by atoms with van der Waals surface area (Å²) in [5.74, 6) is 0.689. The van der Waals surface area contributed by atoms with Crippen LogP contribution in [-0.2, 0) is 24.4 Å². The van der Waals surface area contributed by atoms with Crippen LogP contribution in [0.3, 0.4) is 0 Å². The first-order valence-electron chi connectivity index (χ1n) is 13.0. The highest BCUT2D eigenvalue weighted by molar-refractivity contribution is 7.15. The highest BCUT2D eigenvalue weighted by atomic mass is 35.5. The van der Waals surface area contributed by atoms with Gasteiger partial charge in [0.2, 0.25) is 5.28 Å². The molecule has 0 bridgehead atoms. The third-order valence-corrected chi connectivity index (χ3v) is 8.33. The summed E-state index contributed by atoms with van der Waals surface area (Å²) in [7, 11) is 1.96. The van der Waals surface area contributed by atoms with E-state index in [1.165, 1.54) is 20.9 Å². The molecule has 11 heteroatoms. The molecule has 3 N–H and O–H groups in total. The van der Waals surface area contributed by atoms with Gasteiger partial charge in [-0.15, -0.1) is 11.3 Å². The SMILES string of the molecule is CNCCNCc1ccccc1-c1ccc(C(C)Nc2nc(Cl)nc3c2CN(C(=O)N2CCOCC2)C3)s1. The van der Waals surface area contributed by atoms with Crippen LogP contribution in [0.1, 0.15) is 34.7 Å². The monoisotopic (exact) mass is 555 g/mol. The van der Waals surface area contributed by atoms with E-state index in [4.69, 9.17) is 16.3 Å². The first kappa shape index (κ1) is 26.8. The van der Waals surface area contributed by atoms with E-state index >= 15 is 0 Å². The molecule has 0 saturated carbocycles. The summed E-state index contributed by atoms with van der Waals surface area (Å²) in [6.45, 7) is 8.05. The summed E-state index contributed by atoms with van der Waals surface area (Å²) in [6.07, 6.45) is 0. The Bertz CT molecular complexity index is 1260. The molecule has 3 aromatic rings. The smallest absolute Gasteiger partial charge is 0.320 e. The summed E-state index contributed by atoms with van der Waals surface area (Å²) in [6, 6.07) is 12.9. The maximum Gasteiger partial charge on any atom is 0.320 e. The number of nitrogens with zero attached hydrogens (tertiary/aromatic N) is 4. The molecule has 2 aromatic heterocycles. The number of carbonyl (C=O) groups is 1. The fraction of sp³-hybridized carbons (Fsp3) is 0.444. The van der Waals surface area contributed by atoms with Crippen molar-refractivity contribution < 1.29 is 9.53 Å². The van der Waals surface area contributed by atoms with E-state index in [1.807, 2.05) is 16.8 Å². The molecule has 202 valence electrons. The number of morpholine rings is 1. The van der Waals surface area contributed by atoms with Crippen LogP contribution in [0.5, 0.6) is 0 Å². The van der Waals surface area contributed by atoms with Gasteiger partial charge < -0.3 is 30.5 Å². The number of halogens is 1. The van der Waals surface area contributed by atoms with Crippen LogP contribution in [0.4, 0.5) is 10.6 Å². The summed E-state index contributed by atoms with van der Waals surface area (Å²) in [5, 5.41) is 10.4. The molecule has 1 fully saturated rings. The van der Waals surface area contributed by atoms with E-state index in [0.29, 0.717) is 45.2 Å². The lowest BCUT2D eigenvalue weighted by Gasteiger charge is -2.30. The van der Waals surface area contributed by atoms with Gasteiger partial charge in [0.15, 0.2) is 0 Å². The summed E-state index contributed by atoms with van der Waals surface area (Å²) >= 11 is 8.07. The minimum Gasteiger partial charge on any atom is -0.378 e. The van der Waals surface area contributed by atoms with E-state index in [-0.39, 0.29) is 17.4 Å². The third kappa shape index (κ3) is 6.10. The average Bonchev–Trinajstić information content (AvgIpc) is 3.59. The van der Waals surface area contributed by atoms with Crippen LogP contribution < -0.4 is 16.0 Å². The molecule has 2 aliphatic heterocycles. The lowest BCUT2D eigenvalue weighted by atomic mass is 10.1. The van der Waals surface area contributed by atoms with E-state index in [0.717, 1.165) is 30.9 Å². The number of rotatable bonds is 9. The van der Waals surface area contributed by atoms with E-state index in [9.17, 15) is 4.79 Å². The number of thiophene rings is 1. The van der Waals surface area contributed by atoms with Gasteiger partial charge >= 0.3 is 6.03 Å². The van der Waals surface area contributed by atoms with Gasteiger partial charge in [0.05, 0.1) is 38.0 Å². The fourth-order valence-corrected chi connectivity index (χ4v) is 6.05. The van der Waals surface area contributed by atoms with Crippen molar-refractivity contribution >= 4 is 34.8 Å². The lowest BCUT2D eigenvalue weighted by molar-refractivity contribution is 0.0429. The maximum atomic E-state index is 13.1. The largest absolute Gasteiger partial charge is 0.378 e. The van der Waals surface area contributed by atoms with Gasteiger partial charge in [-0.05, 0) is 48.8 Å². The molecule has 4 heterocycles. The number of hydrogen-bond donors (Lipinski definition) is 3. The fourth-order valence-electron chi connectivity index (χ4n) is 4.79. The zero-order chi connectivity index (χ0) is 26.5. The van der Waals surface area contributed by atoms with Crippen molar-refractivity contribution in [3.05, 3.63) is 63.4 Å². The Balaban J connectivity index is 1.29. The highest BCUT2D eigenvalue weighted by Gasteiger charge is 2.32. The van der Waals surface area contributed by atoms with Crippen molar-refractivity contribution in [1.29, 1.82) is 0 Å². The Morgan fingerprint density at radius 3 is 2.74 bits per heavy atom. The zero-order valence-electron chi connectivity index (χ0n) is 21.8. The Morgan fingerprint density at radius 1 is 1.11 bits per heavy atom. The first-order chi connectivity index (χ1) is 18.5. The molecular formula is C27H34ClN7O2S. The molecule has 2 aliphatic rings. The summed E-state index contributed by atoms with van der Waals surface area (Å²) in [5.41, 5.74) is 4.25. The minimum absolute atomic E-state index is 0.00318. The van der Waals surface area contributed by atoms with E-state index in [1.54, 1.807) is 11.3 Å². The van der Waals surface area contributed by atoms with Crippen LogP contribution in [0, 0.1) is 0 Å². The molecule has 1 aromatic carbocycles. The second kappa shape index (κ2) is 12.4. The van der Waals surface area contributed by atoms with Crippen molar-refractivity contribution in [3.8, 4) is 10.4 Å². The van der Waals surface area contributed by atoms with E-state index < -0.39 is 0 Å². The van der Waals surface area contributed by atoms with Crippen molar-refractivity contribution in [1.82, 2.24) is 30.4 Å². The highest BCUT2D eigenvalue weighted by Crippen LogP contribution is 2.36. The van der Waals surface area contributed by atoms with Gasteiger partial charge in [-0.25, -0.2) is 14.8 Å². The first-order valence-corrected chi connectivity index (χ1v) is 14.2. The Hall–Kier alpha value is -2.76. The molecule has 2 amide bonds. The Labute approximate surface area is 232 Å². The summed E-state index contributed by atoms with van der Waals surface area (Å²) < 4.78 is 5.39. The Kier molecular flexibility index (Phi) is 8.75. The second-order valence-corrected chi connectivity index (χ2v) is 11.0. The minimum atomic E-state index is 0.00318. The molecule has 0 aliphatic carbocycles. The van der Waals surface area contributed by atoms with Gasteiger partial charge in [-0.2, -0.15) is 0 Å². The second-order valence-electron chi connectivity index (χ2n) is 9.51. The van der Waals surface area contributed by atoms with Gasteiger partial charge in [0, 0.05) is 48.0 Å². The predicted octanol–water partition coefficient (Wildman–Crippen LogP) is 4.11. The lowest BCUT2D eigenvalue weighted by Crippen LogP contribution is -2.46. The van der Waals surface area contributed by atoms with Crippen molar-refractivity contribution in [2.45, 2.75) is 32.6 Å². The number of anilines is 1. The van der Waals surface area contributed by atoms with Crippen LogP contribution in [0.2, 0.25) is 5.28 Å². The normalized spacial score (nSPS) is 16.0. The van der Waals surface area contributed by atoms with Gasteiger partial charge in [0.1, 0.15) is 5.82 Å². The molecule has 1 unspecified atom stereocenters. The number of likely N-dealkylation sites (N-methyl/N-ethyl adjacent to an activating group) is 1. The number of nitrogens with one attached hydrogen (secondary N) is 3. The number of hydrogen-bond acceptors (Lipinski definition) is 8. The van der Waals surface area contributed by atoms with Crippen molar-refractivity contribution in [3.63, 3.8) is 0 Å². The van der Waals surface area contributed by atoms with Crippen molar-refractivity contribution in [2.24, 2.45) is 0 Å². The maximum absolute atomic E-state index is 13.1. The zero-order valence-corrected chi connectivity index (χ0v) is 23.4. The van der Waals surface area contributed by atoms with Gasteiger partial charge in [-0.3, -0.25) is 0 Å². The molecule has 0 radical (unpaired) electrons. The van der Waals surface area contributed by atoms with Crippen LogP contribution in [0.15, 0.2) is 36.4 Å². The molecule has 0 spiro atoms. The third-order valence-electron chi connectivity index (χ3n) is 6.86. The van der Waals surface area contributed by atoms with Crippen LogP contribution >= 0.6 is 22.9 Å². The van der Waals surface area contributed by atoms with Crippen molar-refractivity contribution in [2.75, 3.05) is 51.8 Å². The standard InChI is InChI=1S/C27H34ClN7O2S/c1-18(23-7-8-24(38-23)20-6-4-3-5-19(20)15-30-10-9-29-2)31-25-21-16-35(17-22(21)32-26(28)33-25)27(36)34-11-13-37-14-12-34/h3-8,18,29-30H,9-17H2,1-2H3,(H,31,32,33). The number of fused-ring (bicyclic) bond motifs is 1. The quantitative estimate of drug-likeness (QED) is 0.270. The molecule has 5 rings (SSSR count). The number of benzene rings is 1. The predicted molar refractivity (Wildman–Crippen MR) is 152 cm³/mol. The number of amides is 2. The molecular weight excluding hydrogens is 522 g/mol. The number of carbonyl (C=O) groups excluding carboxylic acids is 1. The molecule has 1 atom stereocenters. The average molecular weight is 556 g/mol. The Morgan fingerprint density at radius 2 is 1.92 bits per heavy atom. The van der Waals surface area contributed by atoms with Gasteiger partial charge in [-0.1, -0.05) is 24.3 Å². The van der Waals surface area contributed by atoms with Crippen LogP contribution in [0.25, 0.3) is 10.4 Å². The van der Waals surface area contributed by atoms with Gasteiger partial charge in [0.25, 0.3) is 0 Å².